The van der Waals surface area contributed by atoms with Gasteiger partial charge in [-0.15, -0.1) is 0 Å². The fourth-order valence-electron chi connectivity index (χ4n) is 2.41. The van der Waals surface area contributed by atoms with Gasteiger partial charge in [0, 0.05) is 25.2 Å². The highest BCUT2D eigenvalue weighted by atomic mass is 79.9. The number of aromatic nitrogens is 3. The van der Waals surface area contributed by atoms with Crippen molar-refractivity contribution in [2.75, 3.05) is 11.9 Å². The molecule has 2 atom stereocenters. The fourth-order valence-corrected chi connectivity index (χ4v) is 2.74. The van der Waals surface area contributed by atoms with Crippen molar-refractivity contribution in [3.63, 3.8) is 0 Å². The van der Waals surface area contributed by atoms with Gasteiger partial charge in [-0.1, -0.05) is 0 Å². The Labute approximate surface area is 125 Å². The number of halogens is 1. The van der Waals surface area contributed by atoms with Gasteiger partial charge in [-0.25, -0.2) is 9.97 Å². The molecule has 3 rings (SSSR count). The Morgan fingerprint density at radius 2 is 2.10 bits per heavy atom. The van der Waals surface area contributed by atoms with E-state index in [2.05, 4.69) is 36.2 Å². The molecule has 3 heterocycles. The summed E-state index contributed by atoms with van der Waals surface area (Å²) in [5, 5.41) is 3.45. The normalized spacial score (nSPS) is 22.4. The number of nitrogens with one attached hydrogen (secondary N) is 1. The first kappa shape index (κ1) is 13.5. The fraction of sp³-hybridized carbons (Fsp3) is 0.357. The maximum Gasteiger partial charge on any atom is 0.144 e. The van der Waals surface area contributed by atoms with Crippen molar-refractivity contribution < 1.29 is 4.74 Å². The summed E-state index contributed by atoms with van der Waals surface area (Å²) in [4.78, 5) is 12.3. The molecule has 1 N–H and O–H groups in total. The summed E-state index contributed by atoms with van der Waals surface area (Å²) >= 11 is 3.46. The molecule has 0 amide bonds. The van der Waals surface area contributed by atoms with Crippen LogP contribution in [0.1, 0.15) is 24.5 Å². The molecule has 0 radical (unpaired) electrons. The number of nitrogens with zero attached hydrogens (tertiary/aromatic N) is 3. The van der Waals surface area contributed by atoms with Gasteiger partial charge < -0.3 is 10.1 Å². The first-order valence-corrected chi connectivity index (χ1v) is 7.37. The quantitative estimate of drug-likeness (QED) is 0.934. The molecule has 2 aromatic rings. The third-order valence-corrected chi connectivity index (χ3v) is 3.93. The molecule has 0 saturated carbocycles. The summed E-state index contributed by atoms with van der Waals surface area (Å²) in [6.07, 6.45) is 8.98. The highest BCUT2D eigenvalue weighted by Gasteiger charge is 2.28. The van der Waals surface area contributed by atoms with E-state index in [0.29, 0.717) is 0 Å². The largest absolute Gasteiger partial charge is 0.371 e. The lowest BCUT2D eigenvalue weighted by Crippen LogP contribution is -2.34. The minimum absolute atomic E-state index is 0.0219. The van der Waals surface area contributed by atoms with Crippen molar-refractivity contribution in [3.05, 3.63) is 47.1 Å². The molecule has 0 spiro atoms. The molecule has 20 heavy (non-hydrogen) atoms. The van der Waals surface area contributed by atoms with Gasteiger partial charge >= 0.3 is 0 Å². The summed E-state index contributed by atoms with van der Waals surface area (Å²) in [5.74, 6) is 0.801. The number of ether oxygens (including phenoxy) is 1. The van der Waals surface area contributed by atoms with Gasteiger partial charge in [-0.2, -0.15) is 0 Å². The van der Waals surface area contributed by atoms with E-state index in [4.69, 9.17) is 4.74 Å². The average molecular weight is 335 g/mol. The molecular weight excluding hydrogens is 320 g/mol. The lowest BCUT2D eigenvalue weighted by molar-refractivity contribution is 0.00549. The van der Waals surface area contributed by atoms with Crippen molar-refractivity contribution >= 4 is 21.7 Å². The van der Waals surface area contributed by atoms with Crippen LogP contribution in [0.2, 0.25) is 0 Å². The summed E-state index contributed by atoms with van der Waals surface area (Å²) in [6.45, 7) is 0.788. The monoisotopic (exact) mass is 334 g/mol. The molecular formula is C14H15BrN4O. The summed E-state index contributed by atoms with van der Waals surface area (Å²) < 4.78 is 6.80. The van der Waals surface area contributed by atoms with Gasteiger partial charge in [0.1, 0.15) is 18.2 Å². The molecule has 5 nitrogen and oxygen atoms in total. The lowest BCUT2D eigenvalue weighted by atomic mass is 9.97. The van der Waals surface area contributed by atoms with E-state index in [9.17, 15) is 0 Å². The van der Waals surface area contributed by atoms with Crippen LogP contribution in [0.5, 0.6) is 0 Å². The number of rotatable bonds is 3. The van der Waals surface area contributed by atoms with Crippen LogP contribution in [0.3, 0.4) is 0 Å². The van der Waals surface area contributed by atoms with E-state index in [0.717, 1.165) is 35.3 Å². The van der Waals surface area contributed by atoms with Crippen LogP contribution in [0.15, 0.2) is 41.5 Å². The van der Waals surface area contributed by atoms with Crippen molar-refractivity contribution in [1.29, 1.82) is 0 Å². The topological polar surface area (TPSA) is 59.9 Å². The molecule has 2 aromatic heterocycles. The number of hydrogen-bond donors (Lipinski definition) is 1. The SMILES string of the molecule is Brc1cncnc1N[C@H]1CCCO[C@@H]1c1ccncc1. The summed E-state index contributed by atoms with van der Waals surface area (Å²) in [5.41, 5.74) is 1.14. The predicted molar refractivity (Wildman–Crippen MR) is 79.3 cm³/mol. The van der Waals surface area contributed by atoms with E-state index in [1.54, 1.807) is 18.6 Å². The Kier molecular flexibility index (Phi) is 4.22. The molecule has 1 aliphatic rings. The zero-order chi connectivity index (χ0) is 13.8. The van der Waals surface area contributed by atoms with Crippen LogP contribution in [-0.2, 0) is 4.74 Å². The Balaban J connectivity index is 1.81. The number of anilines is 1. The van der Waals surface area contributed by atoms with Gasteiger partial charge in [0.15, 0.2) is 0 Å². The van der Waals surface area contributed by atoms with Crippen molar-refractivity contribution in [1.82, 2.24) is 15.0 Å². The Hall–Kier alpha value is -1.53. The van der Waals surface area contributed by atoms with Crippen LogP contribution >= 0.6 is 15.9 Å². The van der Waals surface area contributed by atoms with E-state index < -0.39 is 0 Å². The smallest absolute Gasteiger partial charge is 0.144 e. The lowest BCUT2D eigenvalue weighted by Gasteiger charge is -2.33. The third kappa shape index (κ3) is 2.96. The van der Waals surface area contributed by atoms with Crippen molar-refractivity contribution in [2.24, 2.45) is 0 Å². The van der Waals surface area contributed by atoms with Crippen molar-refractivity contribution in [3.8, 4) is 0 Å². The van der Waals surface area contributed by atoms with Gasteiger partial charge in [0.05, 0.1) is 10.5 Å². The number of pyridine rings is 1. The molecule has 104 valence electrons. The van der Waals surface area contributed by atoms with Gasteiger partial charge in [0.25, 0.3) is 0 Å². The standard InChI is InChI=1S/C14H15BrN4O/c15-11-8-17-9-18-14(11)19-12-2-1-7-20-13(12)10-3-5-16-6-4-10/h3-6,8-9,12-13H,1-2,7H2,(H,17,18,19)/t12-,13+/m0/s1. The third-order valence-electron chi connectivity index (χ3n) is 3.35. The Morgan fingerprint density at radius 3 is 2.90 bits per heavy atom. The zero-order valence-electron chi connectivity index (χ0n) is 10.9. The summed E-state index contributed by atoms with van der Waals surface area (Å²) in [7, 11) is 0. The Bertz CT molecular complexity index is 566. The maximum absolute atomic E-state index is 5.94. The van der Waals surface area contributed by atoms with E-state index >= 15 is 0 Å². The minimum Gasteiger partial charge on any atom is -0.371 e. The van der Waals surface area contributed by atoms with E-state index in [-0.39, 0.29) is 12.1 Å². The maximum atomic E-state index is 5.94. The predicted octanol–water partition coefficient (Wildman–Crippen LogP) is 2.97. The van der Waals surface area contributed by atoms with Gasteiger partial charge in [0.2, 0.25) is 0 Å². The second-order valence-corrected chi connectivity index (χ2v) is 5.54. The molecule has 1 saturated heterocycles. The zero-order valence-corrected chi connectivity index (χ0v) is 12.5. The molecule has 1 fully saturated rings. The molecule has 6 heteroatoms. The van der Waals surface area contributed by atoms with Crippen LogP contribution in [0.4, 0.5) is 5.82 Å². The molecule has 0 aliphatic carbocycles. The van der Waals surface area contributed by atoms with E-state index in [1.165, 1.54) is 6.33 Å². The minimum atomic E-state index is 0.0219. The molecule has 0 bridgehead atoms. The van der Waals surface area contributed by atoms with Crippen LogP contribution < -0.4 is 5.32 Å². The van der Waals surface area contributed by atoms with Gasteiger partial charge in [-0.3, -0.25) is 4.98 Å². The highest BCUT2D eigenvalue weighted by Crippen LogP contribution is 2.31. The first-order chi connectivity index (χ1) is 9.84. The average Bonchev–Trinajstić information content (AvgIpc) is 2.51. The first-order valence-electron chi connectivity index (χ1n) is 6.58. The van der Waals surface area contributed by atoms with Gasteiger partial charge in [-0.05, 0) is 46.5 Å². The van der Waals surface area contributed by atoms with Crippen molar-refractivity contribution in [2.45, 2.75) is 25.0 Å². The van der Waals surface area contributed by atoms with Crippen LogP contribution in [-0.4, -0.2) is 27.6 Å². The number of hydrogen-bond acceptors (Lipinski definition) is 5. The molecule has 0 unspecified atom stereocenters. The van der Waals surface area contributed by atoms with E-state index in [1.807, 2.05) is 12.1 Å². The highest BCUT2D eigenvalue weighted by molar-refractivity contribution is 9.10. The van der Waals surface area contributed by atoms with Crippen LogP contribution in [0, 0.1) is 0 Å². The van der Waals surface area contributed by atoms with Crippen LogP contribution in [0.25, 0.3) is 0 Å². The molecule has 1 aliphatic heterocycles. The Morgan fingerprint density at radius 1 is 1.25 bits per heavy atom. The summed E-state index contributed by atoms with van der Waals surface area (Å²) in [6, 6.07) is 4.19. The second kappa shape index (κ2) is 6.28. The second-order valence-electron chi connectivity index (χ2n) is 4.68. The molecule has 0 aromatic carbocycles.